The van der Waals surface area contributed by atoms with Gasteiger partial charge in [0.25, 0.3) is 0 Å². The topological polar surface area (TPSA) is 17.1 Å². The van der Waals surface area contributed by atoms with Gasteiger partial charge in [0.05, 0.1) is 9.65 Å². The van der Waals surface area contributed by atoms with Gasteiger partial charge in [0, 0.05) is 0 Å². The molecule has 0 bridgehead atoms. The van der Waals surface area contributed by atoms with Crippen LogP contribution in [0, 0.1) is 0 Å². The highest BCUT2D eigenvalue weighted by Gasteiger charge is 2.25. The number of Topliss-reactive ketones (excluding diaryl/α,β-unsaturated/α-hetero) is 1. The van der Waals surface area contributed by atoms with Crippen LogP contribution in [0.25, 0.3) is 0 Å². The molecule has 18 heavy (non-hydrogen) atoms. The van der Waals surface area contributed by atoms with Gasteiger partial charge >= 0.3 is 0 Å². The van der Waals surface area contributed by atoms with Crippen molar-refractivity contribution in [3.8, 4) is 0 Å². The molecule has 0 N–H and O–H groups in total. The van der Waals surface area contributed by atoms with Crippen molar-refractivity contribution < 1.29 is 4.79 Å². The van der Waals surface area contributed by atoms with E-state index >= 15 is 0 Å². The zero-order valence-electron chi connectivity index (χ0n) is 9.59. The number of ketones is 1. The fraction of sp³-hybridized carbons (Fsp3) is 0.133. The highest BCUT2D eigenvalue weighted by molar-refractivity contribution is 9.10. The molecule has 0 aliphatic heterocycles. The van der Waals surface area contributed by atoms with Crippen LogP contribution in [0.2, 0.25) is 0 Å². The number of alkyl halides is 2. The van der Waals surface area contributed by atoms with E-state index in [4.69, 9.17) is 0 Å². The van der Waals surface area contributed by atoms with E-state index in [9.17, 15) is 4.79 Å². The Morgan fingerprint density at radius 2 is 1.06 bits per heavy atom. The highest BCUT2D eigenvalue weighted by atomic mass is 79.9. The van der Waals surface area contributed by atoms with Crippen LogP contribution >= 0.6 is 31.9 Å². The molecule has 3 heteroatoms. The second-order valence-corrected chi connectivity index (χ2v) is 5.78. The fourth-order valence-corrected chi connectivity index (χ4v) is 3.19. The third-order valence-electron chi connectivity index (χ3n) is 2.68. The molecule has 0 radical (unpaired) electrons. The van der Waals surface area contributed by atoms with Crippen LogP contribution in [0.4, 0.5) is 0 Å². The Kier molecular flexibility index (Phi) is 4.72. The van der Waals surface area contributed by atoms with Crippen molar-refractivity contribution in [2.24, 2.45) is 0 Å². The van der Waals surface area contributed by atoms with Gasteiger partial charge < -0.3 is 0 Å². The van der Waals surface area contributed by atoms with E-state index < -0.39 is 0 Å². The van der Waals surface area contributed by atoms with E-state index in [0.717, 1.165) is 11.1 Å². The molecule has 0 saturated carbocycles. The number of carbonyl (C=O) groups is 1. The second-order valence-electron chi connectivity index (χ2n) is 3.95. The molecule has 92 valence electrons. The molecule has 2 aromatic carbocycles. The van der Waals surface area contributed by atoms with Crippen LogP contribution in [-0.4, -0.2) is 5.78 Å². The van der Waals surface area contributed by atoms with Gasteiger partial charge in [-0.3, -0.25) is 4.79 Å². The summed E-state index contributed by atoms with van der Waals surface area (Å²) < 4.78 is 0. The number of rotatable bonds is 4. The zero-order valence-corrected chi connectivity index (χ0v) is 12.8. The van der Waals surface area contributed by atoms with Crippen molar-refractivity contribution >= 4 is 37.6 Å². The third kappa shape index (κ3) is 3.09. The van der Waals surface area contributed by atoms with Crippen molar-refractivity contribution in [3.05, 3.63) is 71.8 Å². The molecule has 1 nitrogen and oxygen atoms in total. The first-order chi connectivity index (χ1) is 8.70. The Labute approximate surface area is 123 Å². The molecular formula is C15H12Br2O. The maximum Gasteiger partial charge on any atom is 0.168 e. The van der Waals surface area contributed by atoms with Gasteiger partial charge in [-0.1, -0.05) is 92.5 Å². The third-order valence-corrected chi connectivity index (χ3v) is 4.64. The van der Waals surface area contributed by atoms with Crippen LogP contribution in [0.3, 0.4) is 0 Å². The van der Waals surface area contributed by atoms with Gasteiger partial charge in [-0.25, -0.2) is 0 Å². The predicted octanol–water partition coefficient (Wildman–Crippen LogP) is 4.83. The molecule has 2 aromatic rings. The van der Waals surface area contributed by atoms with Gasteiger partial charge in [-0.2, -0.15) is 0 Å². The molecule has 0 unspecified atom stereocenters. The monoisotopic (exact) mass is 366 g/mol. The Morgan fingerprint density at radius 3 is 1.39 bits per heavy atom. The lowest BCUT2D eigenvalue weighted by molar-refractivity contribution is -0.118. The summed E-state index contributed by atoms with van der Waals surface area (Å²) in [6.45, 7) is 0. The lowest BCUT2D eigenvalue weighted by Crippen LogP contribution is -2.12. The first-order valence-corrected chi connectivity index (χ1v) is 7.45. The molecule has 0 aliphatic carbocycles. The summed E-state index contributed by atoms with van der Waals surface area (Å²) in [4.78, 5) is 11.8. The van der Waals surface area contributed by atoms with Crippen molar-refractivity contribution in [3.63, 3.8) is 0 Å². The molecule has 0 saturated heterocycles. The number of hydrogen-bond acceptors (Lipinski definition) is 1. The van der Waals surface area contributed by atoms with E-state index in [2.05, 4.69) is 31.9 Å². The maximum atomic E-state index is 12.4. The lowest BCUT2D eigenvalue weighted by Gasteiger charge is -2.14. The molecule has 0 amide bonds. The SMILES string of the molecule is O=C([C@@H](Br)c1ccccc1)[C@@H](Br)c1ccccc1. The summed E-state index contributed by atoms with van der Waals surface area (Å²) in [5, 5.41) is 0. The van der Waals surface area contributed by atoms with Crippen molar-refractivity contribution in [1.82, 2.24) is 0 Å². The Morgan fingerprint density at radius 1 is 0.722 bits per heavy atom. The number of carbonyl (C=O) groups excluding carboxylic acids is 1. The summed E-state index contributed by atoms with van der Waals surface area (Å²) in [6.07, 6.45) is 0. The van der Waals surface area contributed by atoms with Gasteiger partial charge in [0.15, 0.2) is 5.78 Å². The van der Waals surface area contributed by atoms with Crippen LogP contribution in [0.15, 0.2) is 60.7 Å². The minimum atomic E-state index is -0.289. The van der Waals surface area contributed by atoms with Gasteiger partial charge in [-0.15, -0.1) is 0 Å². The van der Waals surface area contributed by atoms with E-state index in [-0.39, 0.29) is 15.4 Å². The molecule has 0 fully saturated rings. The molecular weight excluding hydrogens is 356 g/mol. The van der Waals surface area contributed by atoms with Crippen LogP contribution < -0.4 is 0 Å². The minimum absolute atomic E-state index is 0.104. The van der Waals surface area contributed by atoms with Gasteiger partial charge in [0.2, 0.25) is 0 Å². The van der Waals surface area contributed by atoms with E-state index in [1.807, 2.05) is 60.7 Å². The Balaban J connectivity index is 2.17. The summed E-state index contributed by atoms with van der Waals surface area (Å²) in [6, 6.07) is 19.4. The zero-order chi connectivity index (χ0) is 13.0. The smallest absolute Gasteiger partial charge is 0.168 e. The predicted molar refractivity (Wildman–Crippen MR) is 81.2 cm³/mol. The summed E-state index contributed by atoms with van der Waals surface area (Å²) in [5.74, 6) is 0.104. The maximum absolute atomic E-state index is 12.4. The molecule has 0 heterocycles. The second kappa shape index (κ2) is 6.30. The number of halogens is 2. The number of benzene rings is 2. The first kappa shape index (κ1) is 13.5. The normalized spacial score (nSPS) is 13.9. The fourth-order valence-electron chi connectivity index (χ4n) is 1.70. The lowest BCUT2D eigenvalue weighted by atomic mass is 10.0. The van der Waals surface area contributed by atoms with Crippen molar-refractivity contribution in [2.75, 3.05) is 0 Å². The van der Waals surface area contributed by atoms with Gasteiger partial charge in [0.1, 0.15) is 0 Å². The van der Waals surface area contributed by atoms with Crippen LogP contribution in [-0.2, 0) is 4.79 Å². The van der Waals surface area contributed by atoms with E-state index in [1.165, 1.54) is 0 Å². The molecule has 0 aliphatic rings. The summed E-state index contributed by atoms with van der Waals surface area (Å²) in [5.41, 5.74) is 1.95. The average Bonchev–Trinajstić information content (AvgIpc) is 2.47. The minimum Gasteiger partial charge on any atom is -0.296 e. The number of hydrogen-bond donors (Lipinski definition) is 0. The van der Waals surface area contributed by atoms with Gasteiger partial charge in [-0.05, 0) is 11.1 Å². The van der Waals surface area contributed by atoms with Crippen molar-refractivity contribution in [2.45, 2.75) is 9.65 Å². The van der Waals surface area contributed by atoms with Crippen LogP contribution in [0.5, 0.6) is 0 Å². The molecule has 2 rings (SSSR count). The molecule has 2 atom stereocenters. The summed E-state index contributed by atoms with van der Waals surface area (Å²) >= 11 is 6.94. The highest BCUT2D eigenvalue weighted by Crippen LogP contribution is 2.34. The quantitative estimate of drug-likeness (QED) is 0.707. The van der Waals surface area contributed by atoms with E-state index in [0.29, 0.717) is 0 Å². The molecule has 0 spiro atoms. The largest absolute Gasteiger partial charge is 0.296 e. The Bertz CT molecular complexity index is 463. The standard InChI is InChI=1S/C15H12Br2O/c16-13(11-7-3-1-4-8-11)15(18)14(17)12-9-5-2-6-10-12/h1-10,13-14H/t13-,14-/m0/s1. The average molecular weight is 368 g/mol. The summed E-state index contributed by atoms with van der Waals surface area (Å²) in [7, 11) is 0. The van der Waals surface area contributed by atoms with E-state index in [1.54, 1.807) is 0 Å². The van der Waals surface area contributed by atoms with Crippen molar-refractivity contribution in [1.29, 1.82) is 0 Å². The first-order valence-electron chi connectivity index (χ1n) is 5.62. The van der Waals surface area contributed by atoms with Crippen LogP contribution in [0.1, 0.15) is 20.8 Å². The Hall–Kier alpha value is -0.930. The molecule has 0 aromatic heterocycles.